The van der Waals surface area contributed by atoms with Crippen LogP contribution in [0.2, 0.25) is 0 Å². The second-order valence-corrected chi connectivity index (χ2v) is 9.34. The van der Waals surface area contributed by atoms with E-state index in [0.717, 1.165) is 51.8 Å². The number of aliphatic imine (C=N–C) groups is 1. The van der Waals surface area contributed by atoms with Gasteiger partial charge in [0.2, 0.25) is 0 Å². The standard InChI is InChI=1S/C23H39N5O3/c1-22(2,3)31-21(29)27-19-9-7-18(8-10-19)11-12-25-20(24-6)26-17-23(4,5)28-13-15-30-16-14-28/h7-10H,11-17H2,1-6H3,(H,27,29)(H2,24,25,26). The van der Waals surface area contributed by atoms with Crippen molar-refractivity contribution in [3.8, 4) is 0 Å². The number of rotatable bonds is 7. The van der Waals surface area contributed by atoms with Crippen LogP contribution < -0.4 is 16.0 Å². The van der Waals surface area contributed by atoms with Crippen molar-refractivity contribution in [3.05, 3.63) is 29.8 Å². The molecule has 1 aliphatic heterocycles. The number of morpholine rings is 1. The van der Waals surface area contributed by atoms with E-state index in [1.807, 2.05) is 45.0 Å². The molecule has 1 saturated heterocycles. The predicted octanol–water partition coefficient (Wildman–Crippen LogP) is 2.85. The maximum atomic E-state index is 11.9. The molecule has 0 aliphatic carbocycles. The van der Waals surface area contributed by atoms with Crippen LogP contribution >= 0.6 is 0 Å². The lowest BCUT2D eigenvalue weighted by molar-refractivity contribution is -0.00833. The topological polar surface area (TPSA) is 87.2 Å². The summed E-state index contributed by atoms with van der Waals surface area (Å²) in [5, 5.41) is 9.56. The summed E-state index contributed by atoms with van der Waals surface area (Å²) in [6.07, 6.45) is 0.400. The highest BCUT2D eigenvalue weighted by atomic mass is 16.6. The second kappa shape index (κ2) is 11.3. The zero-order valence-corrected chi connectivity index (χ0v) is 19.9. The first kappa shape index (κ1) is 24.9. The molecular weight excluding hydrogens is 394 g/mol. The lowest BCUT2D eigenvalue weighted by Gasteiger charge is -2.41. The number of hydrogen-bond acceptors (Lipinski definition) is 5. The summed E-state index contributed by atoms with van der Waals surface area (Å²) in [5.74, 6) is 0.796. The molecule has 3 N–H and O–H groups in total. The summed E-state index contributed by atoms with van der Waals surface area (Å²) in [4.78, 5) is 18.6. The van der Waals surface area contributed by atoms with Crippen molar-refractivity contribution >= 4 is 17.7 Å². The van der Waals surface area contributed by atoms with Gasteiger partial charge in [-0.25, -0.2) is 4.79 Å². The number of hydrogen-bond donors (Lipinski definition) is 3. The summed E-state index contributed by atoms with van der Waals surface area (Å²) in [7, 11) is 1.79. The highest BCUT2D eigenvalue weighted by Crippen LogP contribution is 2.15. The minimum Gasteiger partial charge on any atom is -0.444 e. The van der Waals surface area contributed by atoms with Gasteiger partial charge in [-0.15, -0.1) is 0 Å². The van der Waals surface area contributed by atoms with Gasteiger partial charge in [0.05, 0.1) is 13.2 Å². The predicted molar refractivity (Wildman–Crippen MR) is 126 cm³/mol. The number of amides is 1. The van der Waals surface area contributed by atoms with Crippen molar-refractivity contribution in [3.63, 3.8) is 0 Å². The smallest absolute Gasteiger partial charge is 0.412 e. The molecule has 0 radical (unpaired) electrons. The van der Waals surface area contributed by atoms with Crippen molar-refractivity contribution in [2.75, 3.05) is 51.8 Å². The van der Waals surface area contributed by atoms with Crippen molar-refractivity contribution in [1.29, 1.82) is 0 Å². The summed E-state index contributed by atoms with van der Waals surface area (Å²) in [6.45, 7) is 15.1. The van der Waals surface area contributed by atoms with Gasteiger partial charge in [0.1, 0.15) is 5.60 Å². The molecule has 1 aromatic carbocycles. The van der Waals surface area contributed by atoms with Gasteiger partial charge in [-0.1, -0.05) is 12.1 Å². The lowest BCUT2D eigenvalue weighted by atomic mass is 10.0. The molecule has 8 nitrogen and oxygen atoms in total. The van der Waals surface area contributed by atoms with Crippen LogP contribution in [-0.2, 0) is 15.9 Å². The Morgan fingerprint density at radius 2 is 1.74 bits per heavy atom. The molecule has 0 atom stereocenters. The molecule has 0 aromatic heterocycles. The fraction of sp³-hybridized carbons (Fsp3) is 0.652. The average Bonchev–Trinajstić information content (AvgIpc) is 2.71. The Labute approximate surface area is 186 Å². The highest BCUT2D eigenvalue weighted by Gasteiger charge is 2.28. The third kappa shape index (κ3) is 9.14. The Morgan fingerprint density at radius 1 is 1.10 bits per heavy atom. The molecule has 8 heteroatoms. The number of nitrogens with zero attached hydrogens (tertiary/aromatic N) is 2. The molecule has 2 rings (SSSR count). The molecule has 1 amide bonds. The van der Waals surface area contributed by atoms with Crippen LogP contribution in [0.3, 0.4) is 0 Å². The van der Waals surface area contributed by atoms with Crippen LogP contribution in [0.4, 0.5) is 10.5 Å². The Hall–Kier alpha value is -2.32. The fourth-order valence-electron chi connectivity index (χ4n) is 3.30. The van der Waals surface area contributed by atoms with E-state index in [4.69, 9.17) is 9.47 Å². The maximum absolute atomic E-state index is 11.9. The Balaban J connectivity index is 1.74. The number of carbonyl (C=O) groups is 1. The summed E-state index contributed by atoms with van der Waals surface area (Å²) in [6, 6.07) is 7.78. The minimum absolute atomic E-state index is 0.0262. The number of guanidine groups is 1. The Bertz CT molecular complexity index is 720. The van der Waals surface area contributed by atoms with Gasteiger partial charge < -0.3 is 20.1 Å². The summed E-state index contributed by atoms with van der Waals surface area (Å²) >= 11 is 0. The van der Waals surface area contributed by atoms with Crippen molar-refractivity contribution in [1.82, 2.24) is 15.5 Å². The monoisotopic (exact) mass is 433 g/mol. The molecule has 1 aliphatic rings. The number of nitrogens with one attached hydrogen (secondary N) is 3. The Morgan fingerprint density at radius 3 is 2.32 bits per heavy atom. The number of ether oxygens (including phenoxy) is 2. The molecule has 0 bridgehead atoms. The number of anilines is 1. The van der Waals surface area contributed by atoms with E-state index in [2.05, 4.69) is 39.7 Å². The van der Waals surface area contributed by atoms with Gasteiger partial charge >= 0.3 is 6.09 Å². The molecule has 1 fully saturated rings. The largest absolute Gasteiger partial charge is 0.444 e. The first-order valence-electron chi connectivity index (χ1n) is 11.0. The zero-order valence-electron chi connectivity index (χ0n) is 19.9. The van der Waals surface area contributed by atoms with E-state index in [0.29, 0.717) is 5.69 Å². The van der Waals surface area contributed by atoms with Crippen molar-refractivity contribution in [2.45, 2.75) is 52.2 Å². The molecule has 0 unspecified atom stereocenters. The van der Waals surface area contributed by atoms with E-state index in [9.17, 15) is 4.79 Å². The first-order valence-corrected chi connectivity index (χ1v) is 11.0. The van der Waals surface area contributed by atoms with E-state index in [1.165, 1.54) is 5.56 Å². The van der Waals surface area contributed by atoms with E-state index >= 15 is 0 Å². The van der Waals surface area contributed by atoms with Crippen LogP contribution in [-0.4, -0.2) is 74.5 Å². The molecule has 1 heterocycles. The SMILES string of the molecule is CN=C(NCCc1ccc(NC(=O)OC(C)(C)C)cc1)NCC(C)(C)N1CCOCC1. The van der Waals surface area contributed by atoms with Gasteiger partial charge in [-0.2, -0.15) is 0 Å². The van der Waals surface area contributed by atoms with E-state index in [1.54, 1.807) is 7.05 Å². The highest BCUT2D eigenvalue weighted by molar-refractivity contribution is 5.84. The molecular formula is C23H39N5O3. The molecule has 31 heavy (non-hydrogen) atoms. The third-order valence-electron chi connectivity index (χ3n) is 5.08. The fourth-order valence-corrected chi connectivity index (χ4v) is 3.30. The quantitative estimate of drug-likeness (QED) is 0.453. The minimum atomic E-state index is -0.514. The van der Waals surface area contributed by atoms with Gasteiger partial charge in [-0.3, -0.25) is 15.2 Å². The van der Waals surface area contributed by atoms with E-state index < -0.39 is 11.7 Å². The van der Waals surface area contributed by atoms with Gasteiger partial charge in [0, 0.05) is 44.5 Å². The van der Waals surface area contributed by atoms with Gasteiger partial charge in [0.25, 0.3) is 0 Å². The second-order valence-electron chi connectivity index (χ2n) is 9.34. The average molecular weight is 434 g/mol. The van der Waals surface area contributed by atoms with Gasteiger partial charge in [0.15, 0.2) is 5.96 Å². The summed E-state index contributed by atoms with van der Waals surface area (Å²) in [5.41, 5.74) is 1.40. The van der Waals surface area contributed by atoms with Gasteiger partial charge in [-0.05, 0) is 58.7 Å². The van der Waals surface area contributed by atoms with Crippen LogP contribution in [0, 0.1) is 0 Å². The van der Waals surface area contributed by atoms with Crippen LogP contribution in [0.5, 0.6) is 0 Å². The third-order valence-corrected chi connectivity index (χ3v) is 5.08. The van der Waals surface area contributed by atoms with Crippen molar-refractivity contribution in [2.24, 2.45) is 4.99 Å². The van der Waals surface area contributed by atoms with Crippen molar-refractivity contribution < 1.29 is 14.3 Å². The summed E-state index contributed by atoms with van der Waals surface area (Å²) < 4.78 is 10.7. The lowest BCUT2D eigenvalue weighted by Crippen LogP contribution is -2.56. The molecule has 1 aromatic rings. The molecule has 174 valence electrons. The molecule has 0 saturated carbocycles. The first-order chi connectivity index (χ1) is 14.6. The van der Waals surface area contributed by atoms with Crippen LogP contribution in [0.25, 0.3) is 0 Å². The number of carbonyl (C=O) groups excluding carboxylic acids is 1. The van der Waals surface area contributed by atoms with Crippen LogP contribution in [0.15, 0.2) is 29.3 Å². The number of benzene rings is 1. The van der Waals surface area contributed by atoms with Crippen LogP contribution in [0.1, 0.15) is 40.2 Å². The zero-order chi connectivity index (χ0) is 22.9. The normalized spacial score (nSPS) is 16.0. The molecule has 0 spiro atoms. The maximum Gasteiger partial charge on any atom is 0.412 e. The van der Waals surface area contributed by atoms with E-state index in [-0.39, 0.29) is 5.54 Å². The Kier molecular flexibility index (Phi) is 9.13.